The van der Waals surface area contributed by atoms with Crippen molar-refractivity contribution >= 4 is 6.03 Å². The minimum absolute atomic E-state index is 0.0301. The smallest absolute Gasteiger partial charge is 0.317 e. The molecule has 22 heavy (non-hydrogen) atoms. The minimum atomic E-state index is -0.502. The van der Waals surface area contributed by atoms with E-state index in [0.717, 1.165) is 13.0 Å². The van der Waals surface area contributed by atoms with Crippen LogP contribution in [0.2, 0.25) is 0 Å². The van der Waals surface area contributed by atoms with E-state index < -0.39 is 6.10 Å². The Kier molecular flexibility index (Phi) is 4.38. The summed E-state index contributed by atoms with van der Waals surface area (Å²) in [6.07, 6.45) is 5.78. The molecule has 2 amide bonds. The Morgan fingerprint density at radius 1 is 1.36 bits per heavy atom. The van der Waals surface area contributed by atoms with E-state index in [1.54, 1.807) is 11.8 Å². The zero-order chi connectivity index (χ0) is 15.9. The Balaban J connectivity index is 1.69. The van der Waals surface area contributed by atoms with Crippen LogP contribution in [0.15, 0.2) is 0 Å². The van der Waals surface area contributed by atoms with Gasteiger partial charge in [-0.2, -0.15) is 0 Å². The average Bonchev–Trinajstić information content (AvgIpc) is 3.09. The van der Waals surface area contributed by atoms with Gasteiger partial charge in [0.2, 0.25) is 0 Å². The van der Waals surface area contributed by atoms with Crippen molar-refractivity contribution in [3.63, 3.8) is 0 Å². The van der Waals surface area contributed by atoms with Crippen LogP contribution in [0.4, 0.5) is 4.79 Å². The predicted molar refractivity (Wildman–Crippen MR) is 84.6 cm³/mol. The second-order valence-electron chi connectivity index (χ2n) is 7.71. The Labute approximate surface area is 133 Å². The molecule has 3 aliphatic rings. The molecule has 2 saturated carbocycles. The molecule has 4 atom stereocenters. The number of urea groups is 1. The molecule has 1 saturated heterocycles. The SMILES string of the molecule is CC(O)CN(C(=O)NC1C2CCOC2C12CCCC2)C(C)C. The molecular weight excluding hydrogens is 280 g/mol. The van der Waals surface area contributed by atoms with E-state index in [9.17, 15) is 9.90 Å². The predicted octanol–water partition coefficient (Wildman–Crippen LogP) is 2.13. The van der Waals surface area contributed by atoms with E-state index in [4.69, 9.17) is 4.74 Å². The molecule has 126 valence electrons. The van der Waals surface area contributed by atoms with Gasteiger partial charge < -0.3 is 20.1 Å². The quantitative estimate of drug-likeness (QED) is 0.836. The van der Waals surface area contributed by atoms with Gasteiger partial charge in [0.05, 0.1) is 12.2 Å². The highest BCUT2D eigenvalue weighted by atomic mass is 16.5. The number of aliphatic hydroxyl groups is 1. The topological polar surface area (TPSA) is 61.8 Å². The van der Waals surface area contributed by atoms with Crippen LogP contribution < -0.4 is 5.32 Å². The van der Waals surface area contributed by atoms with Gasteiger partial charge in [-0.3, -0.25) is 0 Å². The molecule has 1 aliphatic heterocycles. The van der Waals surface area contributed by atoms with E-state index in [1.165, 1.54) is 25.7 Å². The molecule has 3 rings (SSSR count). The van der Waals surface area contributed by atoms with E-state index in [-0.39, 0.29) is 23.5 Å². The van der Waals surface area contributed by atoms with E-state index in [0.29, 0.717) is 18.6 Å². The molecule has 0 aromatic rings. The fraction of sp³-hybridized carbons (Fsp3) is 0.941. The van der Waals surface area contributed by atoms with Crippen molar-refractivity contribution in [2.45, 2.75) is 77.2 Å². The van der Waals surface area contributed by atoms with Gasteiger partial charge in [0.1, 0.15) is 0 Å². The molecule has 0 radical (unpaired) electrons. The highest BCUT2D eigenvalue weighted by Gasteiger charge is 2.65. The summed E-state index contributed by atoms with van der Waals surface area (Å²) in [5.41, 5.74) is 0.185. The van der Waals surface area contributed by atoms with Crippen LogP contribution in [0.1, 0.15) is 52.9 Å². The fourth-order valence-corrected chi connectivity index (χ4v) is 4.93. The van der Waals surface area contributed by atoms with E-state index in [1.807, 2.05) is 13.8 Å². The lowest BCUT2D eigenvalue weighted by Gasteiger charge is -2.57. The highest BCUT2D eigenvalue weighted by Crippen LogP contribution is 2.60. The average molecular weight is 310 g/mol. The lowest BCUT2D eigenvalue weighted by atomic mass is 9.54. The third-order valence-electron chi connectivity index (χ3n) is 5.91. The van der Waals surface area contributed by atoms with Gasteiger partial charge in [-0.1, -0.05) is 12.8 Å². The molecular formula is C17H30N2O3. The lowest BCUT2D eigenvalue weighted by molar-refractivity contribution is -0.127. The Morgan fingerprint density at radius 3 is 2.64 bits per heavy atom. The largest absolute Gasteiger partial charge is 0.392 e. The van der Waals surface area contributed by atoms with Gasteiger partial charge >= 0.3 is 6.03 Å². The lowest BCUT2D eigenvalue weighted by Crippen LogP contribution is -2.69. The zero-order valence-corrected chi connectivity index (χ0v) is 14.0. The van der Waals surface area contributed by atoms with Crippen molar-refractivity contribution in [3.05, 3.63) is 0 Å². The van der Waals surface area contributed by atoms with Crippen molar-refractivity contribution in [3.8, 4) is 0 Å². The number of aliphatic hydroxyl groups excluding tert-OH is 1. The van der Waals surface area contributed by atoms with Crippen LogP contribution >= 0.6 is 0 Å². The van der Waals surface area contributed by atoms with Crippen molar-refractivity contribution in [2.75, 3.05) is 13.2 Å². The van der Waals surface area contributed by atoms with E-state index in [2.05, 4.69) is 5.32 Å². The van der Waals surface area contributed by atoms with Crippen molar-refractivity contribution in [1.82, 2.24) is 10.2 Å². The number of carbonyl (C=O) groups excluding carboxylic acids is 1. The highest BCUT2D eigenvalue weighted by molar-refractivity contribution is 5.75. The maximum atomic E-state index is 12.7. The third kappa shape index (κ3) is 2.52. The first-order chi connectivity index (χ1) is 10.5. The molecule has 0 bridgehead atoms. The molecule has 1 heterocycles. The number of fused-ring (bicyclic) bond motifs is 2. The number of nitrogens with zero attached hydrogens (tertiary/aromatic N) is 1. The maximum Gasteiger partial charge on any atom is 0.317 e. The normalized spacial score (nSPS) is 33.6. The molecule has 5 heteroatoms. The molecule has 0 aromatic heterocycles. The van der Waals surface area contributed by atoms with Crippen LogP contribution in [-0.2, 0) is 4.74 Å². The van der Waals surface area contributed by atoms with Crippen molar-refractivity contribution in [1.29, 1.82) is 0 Å². The minimum Gasteiger partial charge on any atom is -0.392 e. The summed E-state index contributed by atoms with van der Waals surface area (Å²) in [6.45, 7) is 6.94. The summed E-state index contributed by atoms with van der Waals surface area (Å²) in [6, 6.07) is 0.313. The van der Waals surface area contributed by atoms with Crippen LogP contribution in [0, 0.1) is 11.3 Å². The Morgan fingerprint density at radius 2 is 2.05 bits per heavy atom. The monoisotopic (exact) mass is 310 g/mol. The zero-order valence-electron chi connectivity index (χ0n) is 14.0. The van der Waals surface area contributed by atoms with Crippen LogP contribution in [-0.4, -0.2) is 53.5 Å². The van der Waals surface area contributed by atoms with Crippen molar-refractivity contribution < 1.29 is 14.6 Å². The standard InChI is InChI=1S/C17H30N2O3/c1-11(2)19(10-12(3)20)16(21)18-14-13-6-9-22-15(13)17(14)7-4-5-8-17/h11-15,20H,4-10H2,1-3H3,(H,18,21). The summed E-state index contributed by atoms with van der Waals surface area (Å²) >= 11 is 0. The second kappa shape index (κ2) is 6.00. The molecule has 4 unspecified atom stereocenters. The van der Waals surface area contributed by atoms with Crippen LogP contribution in [0.3, 0.4) is 0 Å². The molecule has 0 aromatic carbocycles. The van der Waals surface area contributed by atoms with Gasteiger partial charge in [0.15, 0.2) is 0 Å². The third-order valence-corrected chi connectivity index (χ3v) is 5.91. The first-order valence-electron chi connectivity index (χ1n) is 8.82. The fourth-order valence-electron chi connectivity index (χ4n) is 4.93. The number of ether oxygens (including phenoxy) is 1. The van der Waals surface area contributed by atoms with Gasteiger partial charge in [-0.15, -0.1) is 0 Å². The van der Waals surface area contributed by atoms with Gasteiger partial charge in [0.25, 0.3) is 0 Å². The Bertz CT molecular complexity index is 418. The summed E-state index contributed by atoms with van der Waals surface area (Å²) < 4.78 is 5.97. The molecule has 1 spiro atoms. The van der Waals surface area contributed by atoms with Crippen LogP contribution in [0.25, 0.3) is 0 Å². The van der Waals surface area contributed by atoms with Gasteiger partial charge in [-0.05, 0) is 40.0 Å². The maximum absolute atomic E-state index is 12.7. The summed E-state index contributed by atoms with van der Waals surface area (Å²) in [4.78, 5) is 14.5. The Hall–Kier alpha value is -0.810. The van der Waals surface area contributed by atoms with Crippen molar-refractivity contribution in [2.24, 2.45) is 11.3 Å². The first-order valence-corrected chi connectivity index (χ1v) is 8.82. The number of amides is 2. The number of hydrogen-bond acceptors (Lipinski definition) is 3. The molecule has 3 fully saturated rings. The summed E-state index contributed by atoms with van der Waals surface area (Å²) in [5.74, 6) is 0.489. The summed E-state index contributed by atoms with van der Waals surface area (Å²) in [5, 5.41) is 12.9. The number of hydrogen-bond donors (Lipinski definition) is 2. The number of nitrogens with one attached hydrogen (secondary N) is 1. The number of rotatable bonds is 4. The molecule has 5 nitrogen and oxygen atoms in total. The first kappa shape index (κ1) is 16.1. The second-order valence-corrected chi connectivity index (χ2v) is 7.71. The van der Waals surface area contributed by atoms with Gasteiger partial charge in [-0.25, -0.2) is 4.79 Å². The number of carbonyl (C=O) groups is 1. The molecule has 2 N–H and O–H groups in total. The molecule has 2 aliphatic carbocycles. The summed E-state index contributed by atoms with van der Waals surface area (Å²) in [7, 11) is 0. The van der Waals surface area contributed by atoms with Crippen LogP contribution in [0.5, 0.6) is 0 Å². The van der Waals surface area contributed by atoms with Gasteiger partial charge in [0, 0.05) is 36.6 Å². The van der Waals surface area contributed by atoms with E-state index >= 15 is 0 Å².